The first-order valence-electron chi connectivity index (χ1n) is 6.53. The molecule has 2 N–H and O–H groups in total. The second-order valence-corrected chi connectivity index (χ2v) is 9.07. The highest BCUT2D eigenvalue weighted by Gasteiger charge is 2.22. The number of halogens is 1. The van der Waals surface area contributed by atoms with Crippen LogP contribution in [0.2, 0.25) is 0 Å². The molecule has 1 saturated heterocycles. The smallest absolute Gasteiger partial charge is 0.240 e. The molecule has 0 bridgehead atoms. The van der Waals surface area contributed by atoms with Crippen molar-refractivity contribution in [3.63, 3.8) is 0 Å². The molecule has 4 nitrogen and oxygen atoms in total. The van der Waals surface area contributed by atoms with E-state index in [9.17, 15) is 12.8 Å². The molecule has 1 aliphatic heterocycles. The summed E-state index contributed by atoms with van der Waals surface area (Å²) >= 11 is 3.56. The molecular weight excluding hydrogens is 333 g/mol. The highest BCUT2D eigenvalue weighted by atomic mass is 32.2. The Balaban J connectivity index is 2.16. The van der Waals surface area contributed by atoms with Gasteiger partial charge in [-0.05, 0) is 24.6 Å². The molecule has 1 heterocycles. The number of aliphatic hydroxyl groups excluding tert-OH is 1. The van der Waals surface area contributed by atoms with Crippen molar-refractivity contribution in [2.45, 2.75) is 23.7 Å². The molecule has 0 aromatic heterocycles. The molecule has 1 unspecified atom stereocenters. The van der Waals surface area contributed by atoms with Crippen LogP contribution >= 0.6 is 23.5 Å². The molecule has 0 aliphatic carbocycles. The van der Waals surface area contributed by atoms with Gasteiger partial charge in [0.1, 0.15) is 5.82 Å². The fourth-order valence-electron chi connectivity index (χ4n) is 2.01. The minimum absolute atomic E-state index is 0.0744. The maximum atomic E-state index is 13.7. The molecule has 1 atom stereocenters. The topological polar surface area (TPSA) is 66.4 Å². The van der Waals surface area contributed by atoms with E-state index in [0.29, 0.717) is 6.54 Å². The third-order valence-corrected chi connectivity index (χ3v) is 7.61. The lowest BCUT2D eigenvalue weighted by molar-refractivity contribution is 0.281. The standard InChI is InChI=1S/C13H18FNO3S3/c1-9-12(14)4-10(7-16)5-13(9)21(17,18)15-6-11-8-19-2-3-20-11/h4-5,11,15-16H,2-3,6-8H2,1H3. The minimum atomic E-state index is -3.77. The van der Waals surface area contributed by atoms with Gasteiger partial charge in [-0.15, -0.1) is 0 Å². The summed E-state index contributed by atoms with van der Waals surface area (Å²) in [4.78, 5) is -0.0972. The molecule has 0 radical (unpaired) electrons. The highest BCUT2D eigenvalue weighted by molar-refractivity contribution is 8.06. The molecule has 1 fully saturated rings. The summed E-state index contributed by atoms with van der Waals surface area (Å²) in [5, 5.41) is 9.33. The quantitative estimate of drug-likeness (QED) is 0.846. The van der Waals surface area contributed by atoms with Crippen molar-refractivity contribution in [3.05, 3.63) is 29.1 Å². The molecule has 21 heavy (non-hydrogen) atoms. The SMILES string of the molecule is Cc1c(F)cc(CO)cc1S(=O)(=O)NCC1CSCCS1. The number of sulfonamides is 1. The van der Waals surface area contributed by atoms with Gasteiger partial charge in [-0.2, -0.15) is 23.5 Å². The van der Waals surface area contributed by atoms with Gasteiger partial charge in [-0.25, -0.2) is 17.5 Å². The zero-order valence-electron chi connectivity index (χ0n) is 11.6. The average molecular weight is 351 g/mol. The first-order chi connectivity index (χ1) is 9.94. The Bertz CT molecular complexity index is 601. The Kier molecular flexibility index (Phi) is 5.96. The predicted octanol–water partition coefficient (Wildman–Crippen LogP) is 1.75. The van der Waals surface area contributed by atoms with Gasteiger partial charge < -0.3 is 5.11 Å². The van der Waals surface area contributed by atoms with Gasteiger partial charge in [-0.1, -0.05) is 0 Å². The normalized spacial score (nSPS) is 19.7. The van der Waals surface area contributed by atoms with Crippen LogP contribution in [-0.4, -0.2) is 42.6 Å². The first kappa shape index (κ1) is 17.1. The number of rotatable bonds is 5. The summed E-state index contributed by atoms with van der Waals surface area (Å²) in [5.74, 6) is 2.41. The van der Waals surface area contributed by atoms with Crippen LogP contribution in [0.4, 0.5) is 4.39 Å². The fourth-order valence-corrected chi connectivity index (χ4v) is 6.11. The predicted molar refractivity (Wildman–Crippen MR) is 85.8 cm³/mol. The van der Waals surface area contributed by atoms with Crippen molar-refractivity contribution in [2.75, 3.05) is 23.8 Å². The Morgan fingerprint density at radius 2 is 2.19 bits per heavy atom. The van der Waals surface area contributed by atoms with Gasteiger partial charge in [-0.3, -0.25) is 0 Å². The van der Waals surface area contributed by atoms with Crippen molar-refractivity contribution in [1.82, 2.24) is 4.72 Å². The highest BCUT2D eigenvalue weighted by Crippen LogP contribution is 2.25. The van der Waals surface area contributed by atoms with Gasteiger partial charge in [0.2, 0.25) is 10.0 Å². The number of aliphatic hydroxyl groups is 1. The van der Waals surface area contributed by atoms with E-state index in [1.54, 1.807) is 11.8 Å². The van der Waals surface area contributed by atoms with E-state index < -0.39 is 22.4 Å². The third-order valence-electron chi connectivity index (χ3n) is 3.21. The van der Waals surface area contributed by atoms with Gasteiger partial charge in [0.15, 0.2) is 0 Å². The van der Waals surface area contributed by atoms with E-state index in [1.165, 1.54) is 13.0 Å². The third kappa shape index (κ3) is 4.35. The molecule has 118 valence electrons. The van der Waals surface area contributed by atoms with Crippen LogP contribution in [0.5, 0.6) is 0 Å². The summed E-state index contributed by atoms with van der Waals surface area (Å²) in [6.45, 7) is 1.37. The zero-order valence-corrected chi connectivity index (χ0v) is 14.1. The molecule has 0 saturated carbocycles. The molecular formula is C13H18FNO3S3. The maximum Gasteiger partial charge on any atom is 0.240 e. The van der Waals surface area contributed by atoms with Gasteiger partial charge in [0.25, 0.3) is 0 Å². The number of thioether (sulfide) groups is 2. The van der Waals surface area contributed by atoms with Crippen molar-refractivity contribution in [2.24, 2.45) is 0 Å². The van der Waals surface area contributed by atoms with E-state index in [2.05, 4.69) is 4.72 Å². The van der Waals surface area contributed by atoms with Crippen molar-refractivity contribution >= 4 is 33.5 Å². The van der Waals surface area contributed by atoms with Crippen LogP contribution in [-0.2, 0) is 16.6 Å². The van der Waals surface area contributed by atoms with Crippen LogP contribution in [0.15, 0.2) is 17.0 Å². The van der Waals surface area contributed by atoms with Crippen molar-refractivity contribution in [3.8, 4) is 0 Å². The van der Waals surface area contributed by atoms with Crippen molar-refractivity contribution in [1.29, 1.82) is 0 Å². The summed E-state index contributed by atoms with van der Waals surface area (Å²) < 4.78 is 41.0. The zero-order chi connectivity index (χ0) is 15.5. The maximum absolute atomic E-state index is 13.7. The van der Waals surface area contributed by atoms with Crippen LogP contribution in [0.1, 0.15) is 11.1 Å². The summed E-state index contributed by atoms with van der Waals surface area (Å²) in [6, 6.07) is 2.48. The summed E-state index contributed by atoms with van der Waals surface area (Å²) in [6.07, 6.45) is 0. The Morgan fingerprint density at radius 3 is 2.81 bits per heavy atom. The summed E-state index contributed by atoms with van der Waals surface area (Å²) in [5.41, 5.74) is 0.325. The van der Waals surface area contributed by atoms with Crippen LogP contribution < -0.4 is 4.72 Å². The van der Waals surface area contributed by atoms with Crippen LogP contribution in [0.25, 0.3) is 0 Å². The monoisotopic (exact) mass is 351 g/mol. The lowest BCUT2D eigenvalue weighted by atomic mass is 10.1. The van der Waals surface area contributed by atoms with E-state index >= 15 is 0 Å². The first-order valence-corrected chi connectivity index (χ1v) is 10.2. The van der Waals surface area contributed by atoms with Gasteiger partial charge in [0.05, 0.1) is 11.5 Å². The second kappa shape index (κ2) is 7.32. The van der Waals surface area contributed by atoms with Crippen LogP contribution in [0, 0.1) is 12.7 Å². The number of hydrogen-bond donors (Lipinski definition) is 2. The molecule has 1 aliphatic rings. The Hall–Kier alpha value is -0.280. The van der Waals surface area contributed by atoms with E-state index in [0.717, 1.165) is 23.3 Å². The summed E-state index contributed by atoms with van der Waals surface area (Å²) in [7, 11) is -3.77. The number of hydrogen-bond acceptors (Lipinski definition) is 5. The molecule has 1 aromatic carbocycles. The van der Waals surface area contributed by atoms with Gasteiger partial charge >= 0.3 is 0 Å². The lowest BCUT2D eigenvalue weighted by Gasteiger charge is -2.21. The molecule has 8 heteroatoms. The number of nitrogens with one attached hydrogen (secondary N) is 1. The molecule has 1 aromatic rings. The lowest BCUT2D eigenvalue weighted by Crippen LogP contribution is -2.34. The fraction of sp³-hybridized carbons (Fsp3) is 0.538. The van der Waals surface area contributed by atoms with E-state index in [4.69, 9.17) is 5.11 Å². The van der Waals surface area contributed by atoms with Crippen LogP contribution in [0.3, 0.4) is 0 Å². The van der Waals surface area contributed by atoms with Crippen molar-refractivity contribution < 1.29 is 17.9 Å². The van der Waals surface area contributed by atoms with E-state index in [-0.39, 0.29) is 21.3 Å². The number of benzene rings is 1. The Morgan fingerprint density at radius 1 is 1.43 bits per heavy atom. The average Bonchev–Trinajstić information content (AvgIpc) is 2.48. The molecule has 0 spiro atoms. The van der Waals surface area contributed by atoms with E-state index in [1.807, 2.05) is 11.8 Å². The van der Waals surface area contributed by atoms with Gasteiger partial charge in [0, 0.05) is 34.6 Å². The Labute approximate surface area is 132 Å². The second-order valence-electron chi connectivity index (χ2n) is 4.78. The molecule has 0 amide bonds. The minimum Gasteiger partial charge on any atom is -0.392 e. The molecule has 2 rings (SSSR count). The largest absolute Gasteiger partial charge is 0.392 e.